The molecule has 0 aliphatic carbocycles. The van der Waals surface area contributed by atoms with Crippen LogP contribution in [0.1, 0.15) is 39.1 Å². The van der Waals surface area contributed by atoms with Crippen molar-refractivity contribution in [1.29, 1.82) is 0 Å². The Bertz CT molecular complexity index is 316. The van der Waals surface area contributed by atoms with Crippen LogP contribution in [0.3, 0.4) is 0 Å². The zero-order valence-electron chi connectivity index (χ0n) is 10.8. The van der Waals surface area contributed by atoms with Crippen molar-refractivity contribution in [3.05, 3.63) is 5.89 Å². The van der Waals surface area contributed by atoms with E-state index in [9.17, 15) is 0 Å². The van der Waals surface area contributed by atoms with Crippen LogP contribution in [-0.2, 0) is 0 Å². The van der Waals surface area contributed by atoms with Gasteiger partial charge in [0.1, 0.15) is 0 Å². The maximum atomic E-state index is 8.82. The first-order valence-electron chi connectivity index (χ1n) is 6.15. The van der Waals surface area contributed by atoms with Crippen LogP contribution in [0.5, 0.6) is 0 Å². The highest BCUT2D eigenvalue weighted by molar-refractivity contribution is 5.23. The Labute approximate surface area is 102 Å². The zero-order chi connectivity index (χ0) is 12.7. The highest BCUT2D eigenvalue weighted by Crippen LogP contribution is 2.17. The van der Waals surface area contributed by atoms with Gasteiger partial charge >= 0.3 is 6.01 Å². The van der Waals surface area contributed by atoms with Crippen LogP contribution >= 0.6 is 0 Å². The molecule has 0 bridgehead atoms. The summed E-state index contributed by atoms with van der Waals surface area (Å²) in [4.78, 5) is 1.96. The Kier molecular flexibility index (Phi) is 5.93. The van der Waals surface area contributed by atoms with Crippen LogP contribution in [-0.4, -0.2) is 41.5 Å². The topological polar surface area (TPSA) is 74.4 Å². The summed E-state index contributed by atoms with van der Waals surface area (Å²) in [6.07, 6.45) is 0.703. The number of aliphatic hydroxyl groups excluding tert-OH is 1. The third-order valence-corrected chi connectivity index (χ3v) is 2.55. The van der Waals surface area contributed by atoms with Crippen LogP contribution in [0, 0.1) is 0 Å². The van der Waals surface area contributed by atoms with E-state index in [1.165, 1.54) is 0 Å². The highest BCUT2D eigenvalue weighted by atomic mass is 16.4. The molecule has 0 saturated heterocycles. The molecular formula is C11H22N4O2. The molecule has 1 heterocycles. The van der Waals surface area contributed by atoms with Crippen molar-refractivity contribution < 1.29 is 9.52 Å². The van der Waals surface area contributed by atoms with Gasteiger partial charge in [0.05, 0.1) is 6.04 Å². The molecule has 1 rings (SSSR count). The lowest BCUT2D eigenvalue weighted by Crippen LogP contribution is -2.24. The van der Waals surface area contributed by atoms with Gasteiger partial charge in [-0.05, 0) is 26.8 Å². The van der Waals surface area contributed by atoms with Crippen molar-refractivity contribution >= 4 is 6.01 Å². The number of rotatable bonds is 8. The lowest BCUT2D eigenvalue weighted by Gasteiger charge is -2.16. The van der Waals surface area contributed by atoms with Crippen molar-refractivity contribution in [3.63, 3.8) is 0 Å². The van der Waals surface area contributed by atoms with Gasteiger partial charge < -0.3 is 19.7 Å². The SMILES string of the molecule is CCNC(C)c1nnc(N(CC)CCCO)o1. The van der Waals surface area contributed by atoms with E-state index in [1.54, 1.807) is 0 Å². The first-order chi connectivity index (χ1) is 8.22. The molecule has 0 amide bonds. The molecule has 1 aromatic rings. The van der Waals surface area contributed by atoms with Gasteiger partial charge in [-0.2, -0.15) is 0 Å². The predicted octanol–water partition coefficient (Wildman–Crippen LogP) is 0.949. The summed E-state index contributed by atoms with van der Waals surface area (Å²) in [7, 11) is 0. The van der Waals surface area contributed by atoms with Crippen LogP contribution in [0.2, 0.25) is 0 Å². The first kappa shape index (κ1) is 13.9. The van der Waals surface area contributed by atoms with E-state index in [0.717, 1.165) is 19.6 Å². The number of nitrogens with one attached hydrogen (secondary N) is 1. The van der Waals surface area contributed by atoms with E-state index in [1.807, 2.05) is 25.7 Å². The number of nitrogens with zero attached hydrogens (tertiary/aromatic N) is 3. The minimum Gasteiger partial charge on any atom is -0.406 e. The first-order valence-corrected chi connectivity index (χ1v) is 6.15. The molecule has 0 fully saturated rings. The number of anilines is 1. The van der Waals surface area contributed by atoms with Crippen LogP contribution in [0.4, 0.5) is 6.01 Å². The van der Waals surface area contributed by atoms with Gasteiger partial charge in [0, 0.05) is 19.7 Å². The predicted molar refractivity (Wildman–Crippen MR) is 66.0 cm³/mol. The summed E-state index contributed by atoms with van der Waals surface area (Å²) in [5.41, 5.74) is 0. The Morgan fingerprint density at radius 1 is 1.41 bits per heavy atom. The average molecular weight is 242 g/mol. The Morgan fingerprint density at radius 3 is 2.76 bits per heavy atom. The molecule has 0 saturated carbocycles. The van der Waals surface area contributed by atoms with E-state index >= 15 is 0 Å². The Balaban J connectivity index is 2.64. The highest BCUT2D eigenvalue weighted by Gasteiger charge is 2.16. The monoisotopic (exact) mass is 242 g/mol. The molecule has 1 unspecified atom stereocenters. The molecule has 1 atom stereocenters. The van der Waals surface area contributed by atoms with Gasteiger partial charge in [-0.1, -0.05) is 12.0 Å². The molecule has 0 aromatic carbocycles. The third-order valence-electron chi connectivity index (χ3n) is 2.55. The van der Waals surface area contributed by atoms with E-state index in [0.29, 0.717) is 18.3 Å². The quantitative estimate of drug-likeness (QED) is 0.707. The van der Waals surface area contributed by atoms with Gasteiger partial charge in [0.15, 0.2) is 0 Å². The summed E-state index contributed by atoms with van der Waals surface area (Å²) < 4.78 is 5.61. The molecule has 1 aromatic heterocycles. The minimum atomic E-state index is 0.0674. The lowest BCUT2D eigenvalue weighted by atomic mass is 10.3. The molecular weight excluding hydrogens is 220 g/mol. The maximum Gasteiger partial charge on any atom is 0.318 e. The molecule has 0 radical (unpaired) electrons. The molecule has 0 aliphatic heterocycles. The summed E-state index contributed by atoms with van der Waals surface area (Å²) in [5, 5.41) is 20.1. The fraction of sp³-hybridized carbons (Fsp3) is 0.818. The van der Waals surface area contributed by atoms with Crippen LogP contribution < -0.4 is 10.2 Å². The van der Waals surface area contributed by atoms with Crippen molar-refractivity contribution in [2.45, 2.75) is 33.2 Å². The normalized spacial score (nSPS) is 12.7. The molecule has 98 valence electrons. The van der Waals surface area contributed by atoms with Crippen molar-refractivity contribution in [2.24, 2.45) is 0 Å². The van der Waals surface area contributed by atoms with E-state index in [4.69, 9.17) is 9.52 Å². The molecule has 0 aliphatic rings. The summed E-state index contributed by atoms with van der Waals surface area (Å²) >= 11 is 0. The minimum absolute atomic E-state index is 0.0674. The van der Waals surface area contributed by atoms with Gasteiger partial charge in [0.2, 0.25) is 5.89 Å². The van der Waals surface area contributed by atoms with Crippen molar-refractivity contribution in [3.8, 4) is 0 Å². The van der Waals surface area contributed by atoms with Gasteiger partial charge in [0.25, 0.3) is 0 Å². The standard InChI is InChI=1S/C11H22N4O2/c1-4-12-9(3)10-13-14-11(17-10)15(5-2)7-6-8-16/h9,12,16H,4-8H2,1-3H3. The van der Waals surface area contributed by atoms with Crippen LogP contribution in [0.15, 0.2) is 4.42 Å². The number of aliphatic hydroxyl groups is 1. The van der Waals surface area contributed by atoms with E-state index in [2.05, 4.69) is 15.5 Å². The third kappa shape index (κ3) is 3.98. The van der Waals surface area contributed by atoms with Crippen molar-refractivity contribution in [2.75, 3.05) is 31.1 Å². The van der Waals surface area contributed by atoms with Gasteiger partial charge in [-0.3, -0.25) is 0 Å². The van der Waals surface area contributed by atoms with E-state index < -0.39 is 0 Å². The second-order valence-electron chi connectivity index (χ2n) is 3.86. The number of aromatic nitrogens is 2. The maximum absolute atomic E-state index is 8.82. The van der Waals surface area contributed by atoms with Crippen LogP contribution in [0.25, 0.3) is 0 Å². The van der Waals surface area contributed by atoms with E-state index in [-0.39, 0.29) is 12.6 Å². The summed E-state index contributed by atoms with van der Waals surface area (Å²) in [6.45, 7) is 8.60. The lowest BCUT2D eigenvalue weighted by molar-refractivity contribution is 0.288. The second kappa shape index (κ2) is 7.24. The zero-order valence-corrected chi connectivity index (χ0v) is 10.8. The molecule has 2 N–H and O–H groups in total. The summed E-state index contributed by atoms with van der Waals surface area (Å²) in [6, 6.07) is 0.596. The summed E-state index contributed by atoms with van der Waals surface area (Å²) in [5.74, 6) is 0.601. The average Bonchev–Trinajstić information content (AvgIpc) is 2.80. The number of hydrogen-bond acceptors (Lipinski definition) is 6. The van der Waals surface area contributed by atoms with Gasteiger partial charge in [-0.25, -0.2) is 0 Å². The second-order valence-corrected chi connectivity index (χ2v) is 3.86. The Morgan fingerprint density at radius 2 is 2.18 bits per heavy atom. The smallest absolute Gasteiger partial charge is 0.318 e. The number of hydrogen-bond donors (Lipinski definition) is 2. The molecule has 6 nitrogen and oxygen atoms in total. The molecule has 6 heteroatoms. The fourth-order valence-electron chi connectivity index (χ4n) is 1.57. The van der Waals surface area contributed by atoms with Crippen molar-refractivity contribution in [1.82, 2.24) is 15.5 Å². The van der Waals surface area contributed by atoms with Gasteiger partial charge in [-0.15, -0.1) is 5.10 Å². The molecule has 17 heavy (non-hydrogen) atoms. The Hall–Kier alpha value is -1.14. The fourth-order valence-corrected chi connectivity index (χ4v) is 1.57. The largest absolute Gasteiger partial charge is 0.406 e. The molecule has 0 spiro atoms.